The summed E-state index contributed by atoms with van der Waals surface area (Å²) in [4.78, 5) is 14.4. The minimum Gasteiger partial charge on any atom is -0.396 e. The van der Waals surface area contributed by atoms with E-state index in [-0.39, 0.29) is 12.5 Å². The number of nitrogens with zero attached hydrogens (tertiary/aromatic N) is 1. The van der Waals surface area contributed by atoms with E-state index in [1.807, 2.05) is 24.5 Å². The van der Waals surface area contributed by atoms with Crippen LogP contribution in [0.1, 0.15) is 26.2 Å². The van der Waals surface area contributed by atoms with E-state index in [2.05, 4.69) is 23.2 Å². The lowest BCUT2D eigenvalue weighted by molar-refractivity contribution is -0.116. The maximum atomic E-state index is 12.1. The highest BCUT2D eigenvalue weighted by atomic mass is 32.2. The molecule has 1 aromatic carbocycles. The quantitative estimate of drug-likeness (QED) is 0.845. The Morgan fingerprint density at radius 3 is 2.73 bits per heavy atom. The van der Waals surface area contributed by atoms with Crippen LogP contribution in [0.15, 0.2) is 24.3 Å². The number of nitrogens with one attached hydrogen (secondary N) is 1. The Morgan fingerprint density at radius 1 is 1.41 bits per heavy atom. The summed E-state index contributed by atoms with van der Waals surface area (Å²) in [5.41, 5.74) is 1.98. The molecular weight excluding hydrogens is 296 g/mol. The highest BCUT2D eigenvalue weighted by Gasteiger charge is 2.21. The molecule has 1 aliphatic heterocycles. The molecule has 1 saturated heterocycles. The summed E-state index contributed by atoms with van der Waals surface area (Å²) in [6.45, 7) is 4.20. The van der Waals surface area contributed by atoms with Crippen LogP contribution in [0.5, 0.6) is 0 Å². The van der Waals surface area contributed by atoms with E-state index in [4.69, 9.17) is 0 Å². The molecule has 2 rings (SSSR count). The van der Waals surface area contributed by atoms with Crippen LogP contribution in [0.3, 0.4) is 0 Å². The number of carbonyl (C=O) groups excluding carboxylic acids is 1. The Hall–Kier alpha value is -1.20. The van der Waals surface area contributed by atoms with Crippen molar-refractivity contribution in [3.8, 4) is 0 Å². The first-order valence-corrected chi connectivity index (χ1v) is 9.20. The molecule has 1 heterocycles. The monoisotopic (exact) mass is 322 g/mol. The summed E-state index contributed by atoms with van der Waals surface area (Å²) in [6, 6.07) is 7.99. The predicted octanol–water partition coefficient (Wildman–Crippen LogP) is 2.98. The van der Waals surface area contributed by atoms with Crippen LogP contribution in [-0.2, 0) is 4.79 Å². The molecule has 4 nitrogen and oxygen atoms in total. The van der Waals surface area contributed by atoms with Crippen molar-refractivity contribution in [1.82, 2.24) is 0 Å². The van der Waals surface area contributed by atoms with Crippen LogP contribution < -0.4 is 10.2 Å². The normalized spacial score (nSPS) is 17.3. The molecule has 1 aromatic rings. The van der Waals surface area contributed by atoms with Gasteiger partial charge in [-0.1, -0.05) is 19.1 Å². The van der Waals surface area contributed by atoms with E-state index < -0.39 is 0 Å². The molecule has 0 aliphatic carbocycles. The number of rotatable bonds is 6. The van der Waals surface area contributed by atoms with Gasteiger partial charge in [-0.25, -0.2) is 0 Å². The number of thioether (sulfide) groups is 1. The molecule has 2 N–H and O–H groups in total. The topological polar surface area (TPSA) is 52.6 Å². The van der Waals surface area contributed by atoms with Crippen molar-refractivity contribution < 1.29 is 9.90 Å². The lowest BCUT2D eigenvalue weighted by Gasteiger charge is -2.34. The van der Waals surface area contributed by atoms with Gasteiger partial charge in [0.25, 0.3) is 0 Å². The smallest absolute Gasteiger partial charge is 0.225 e. The van der Waals surface area contributed by atoms with Crippen molar-refractivity contribution in [2.24, 2.45) is 5.92 Å². The molecule has 0 radical (unpaired) electrons. The third-order valence-electron chi connectivity index (χ3n) is 4.27. The molecule has 0 bridgehead atoms. The summed E-state index contributed by atoms with van der Waals surface area (Å²) < 4.78 is 0. The SMILES string of the molecule is CSC(C)CC(=O)Nc1ccccc1N1CCC(CO)CC1. The molecular formula is C17H26N2O2S. The number of benzene rings is 1. The van der Waals surface area contributed by atoms with Crippen molar-refractivity contribution in [1.29, 1.82) is 0 Å². The standard InChI is InChI=1S/C17H26N2O2S/c1-13(22-2)11-17(21)18-15-5-3-4-6-16(15)19-9-7-14(12-20)8-10-19/h3-6,13-14,20H,7-12H2,1-2H3,(H,18,21). The first-order valence-electron chi connectivity index (χ1n) is 7.91. The third-order valence-corrected chi connectivity index (χ3v) is 5.24. The summed E-state index contributed by atoms with van der Waals surface area (Å²) in [5, 5.41) is 12.6. The van der Waals surface area contributed by atoms with Crippen molar-refractivity contribution in [3.63, 3.8) is 0 Å². The number of anilines is 2. The second-order valence-electron chi connectivity index (χ2n) is 5.93. The summed E-state index contributed by atoms with van der Waals surface area (Å²) in [6.07, 6.45) is 4.56. The number of aliphatic hydroxyl groups is 1. The average molecular weight is 322 g/mol. The van der Waals surface area contributed by atoms with Gasteiger partial charge in [0.15, 0.2) is 0 Å². The molecule has 22 heavy (non-hydrogen) atoms. The Morgan fingerprint density at radius 2 is 2.09 bits per heavy atom. The van der Waals surface area contributed by atoms with Gasteiger partial charge in [-0.15, -0.1) is 0 Å². The van der Waals surface area contributed by atoms with Crippen LogP contribution in [0.4, 0.5) is 11.4 Å². The summed E-state index contributed by atoms with van der Waals surface area (Å²) in [7, 11) is 0. The third kappa shape index (κ3) is 4.65. The number of aliphatic hydroxyl groups excluding tert-OH is 1. The molecule has 1 atom stereocenters. The molecule has 122 valence electrons. The fourth-order valence-electron chi connectivity index (χ4n) is 2.76. The number of hydrogen-bond donors (Lipinski definition) is 2. The predicted molar refractivity (Wildman–Crippen MR) is 94.7 cm³/mol. The fraction of sp³-hybridized carbons (Fsp3) is 0.588. The molecule has 5 heteroatoms. The Bertz CT molecular complexity index is 487. The van der Waals surface area contributed by atoms with Gasteiger partial charge in [0, 0.05) is 31.4 Å². The number of piperidine rings is 1. The minimum absolute atomic E-state index is 0.0690. The van der Waals surface area contributed by atoms with Gasteiger partial charge in [-0.2, -0.15) is 11.8 Å². The Labute approximate surface area is 137 Å². The van der Waals surface area contributed by atoms with Gasteiger partial charge in [0.1, 0.15) is 0 Å². The van der Waals surface area contributed by atoms with Crippen molar-refractivity contribution >= 4 is 29.0 Å². The average Bonchev–Trinajstić information content (AvgIpc) is 2.55. The molecule has 1 fully saturated rings. The highest BCUT2D eigenvalue weighted by molar-refractivity contribution is 7.99. The second-order valence-corrected chi connectivity index (χ2v) is 7.20. The zero-order valence-corrected chi connectivity index (χ0v) is 14.2. The molecule has 1 amide bonds. The van der Waals surface area contributed by atoms with Gasteiger partial charge in [0.05, 0.1) is 11.4 Å². The lowest BCUT2D eigenvalue weighted by Crippen LogP contribution is -2.35. The second kappa shape index (κ2) is 8.44. The van der Waals surface area contributed by atoms with Gasteiger partial charge >= 0.3 is 0 Å². The number of para-hydroxylation sites is 2. The van der Waals surface area contributed by atoms with Crippen LogP contribution in [-0.4, -0.2) is 42.2 Å². The lowest BCUT2D eigenvalue weighted by atomic mass is 9.97. The zero-order chi connectivity index (χ0) is 15.9. The first-order chi connectivity index (χ1) is 10.6. The molecule has 0 spiro atoms. The highest BCUT2D eigenvalue weighted by Crippen LogP contribution is 2.30. The van der Waals surface area contributed by atoms with E-state index in [9.17, 15) is 9.90 Å². The van der Waals surface area contributed by atoms with E-state index in [0.29, 0.717) is 17.6 Å². The zero-order valence-electron chi connectivity index (χ0n) is 13.4. The Balaban J connectivity index is 2.02. The maximum Gasteiger partial charge on any atom is 0.225 e. The van der Waals surface area contributed by atoms with Crippen LogP contribution in [0.2, 0.25) is 0 Å². The van der Waals surface area contributed by atoms with Gasteiger partial charge in [-0.05, 0) is 37.1 Å². The van der Waals surface area contributed by atoms with Crippen molar-refractivity contribution in [2.75, 3.05) is 36.2 Å². The first kappa shape index (κ1) is 17.2. The van der Waals surface area contributed by atoms with Crippen molar-refractivity contribution in [2.45, 2.75) is 31.4 Å². The van der Waals surface area contributed by atoms with Gasteiger partial charge in [0.2, 0.25) is 5.91 Å². The molecule has 0 saturated carbocycles. The minimum atomic E-state index is 0.0690. The van der Waals surface area contributed by atoms with E-state index in [0.717, 1.165) is 37.3 Å². The molecule has 1 aliphatic rings. The van der Waals surface area contributed by atoms with Crippen LogP contribution in [0.25, 0.3) is 0 Å². The maximum absolute atomic E-state index is 12.1. The fourth-order valence-corrected chi connectivity index (χ4v) is 3.08. The largest absolute Gasteiger partial charge is 0.396 e. The van der Waals surface area contributed by atoms with Crippen molar-refractivity contribution in [3.05, 3.63) is 24.3 Å². The van der Waals surface area contributed by atoms with Gasteiger partial charge < -0.3 is 15.3 Å². The Kier molecular flexibility index (Phi) is 6.58. The van der Waals surface area contributed by atoms with E-state index >= 15 is 0 Å². The van der Waals surface area contributed by atoms with Crippen LogP contribution >= 0.6 is 11.8 Å². The van der Waals surface area contributed by atoms with E-state index in [1.54, 1.807) is 11.8 Å². The van der Waals surface area contributed by atoms with Gasteiger partial charge in [-0.3, -0.25) is 4.79 Å². The van der Waals surface area contributed by atoms with Crippen LogP contribution in [0, 0.1) is 5.92 Å². The number of amides is 1. The summed E-state index contributed by atoms with van der Waals surface area (Å²) in [5.74, 6) is 0.486. The molecule has 0 aromatic heterocycles. The summed E-state index contributed by atoms with van der Waals surface area (Å²) >= 11 is 1.70. The number of carbonyl (C=O) groups is 1. The molecule has 1 unspecified atom stereocenters. The number of hydrogen-bond acceptors (Lipinski definition) is 4. The van der Waals surface area contributed by atoms with E-state index in [1.165, 1.54) is 0 Å².